The number of carbonyl (C=O) groups excluding carboxylic acids is 2. The molecule has 23 heavy (non-hydrogen) atoms. The van der Waals surface area contributed by atoms with Gasteiger partial charge in [-0.1, -0.05) is 12.5 Å². The summed E-state index contributed by atoms with van der Waals surface area (Å²) in [5.74, 6) is 0.995. The number of hydrogen-bond donors (Lipinski definition) is 0. The molecule has 0 aliphatic heterocycles. The zero-order valence-electron chi connectivity index (χ0n) is 13.2. The maximum absolute atomic E-state index is 12.3. The summed E-state index contributed by atoms with van der Waals surface area (Å²) in [5, 5.41) is 0. The highest BCUT2D eigenvalue weighted by Crippen LogP contribution is 2.40. The van der Waals surface area contributed by atoms with Gasteiger partial charge in [-0.3, -0.25) is 9.59 Å². The zero-order valence-corrected chi connectivity index (χ0v) is 14.8. The largest absolute Gasteiger partial charge is 0.496 e. The second-order valence-electron chi connectivity index (χ2n) is 6.47. The summed E-state index contributed by atoms with van der Waals surface area (Å²) in [6.07, 6.45) is 4.32. The molecule has 3 rings (SSSR count). The van der Waals surface area contributed by atoms with Crippen LogP contribution in [0.3, 0.4) is 0 Å². The number of Topliss-reactive ketones (excluding diaryl/α,β-unsaturated/α-hetero) is 1. The first-order valence-electron chi connectivity index (χ1n) is 8.11. The molecular weight excluding hydrogens is 360 g/mol. The number of carbonyl (C=O) groups is 2. The lowest BCUT2D eigenvalue weighted by Gasteiger charge is -2.36. The standard InChI is InChI=1S/C18H21BrO4/c1-22-16-6-5-11(7-15(16)19)10-23-18(21)14-8-12-3-2-4-13(9-14)17(12)20/h5-7,12-14H,2-4,8-10H2,1H3/t12-,13+,14?. The van der Waals surface area contributed by atoms with Crippen molar-refractivity contribution in [3.63, 3.8) is 0 Å². The highest BCUT2D eigenvalue weighted by molar-refractivity contribution is 9.10. The highest BCUT2D eigenvalue weighted by Gasteiger charge is 2.41. The third kappa shape index (κ3) is 3.60. The van der Waals surface area contributed by atoms with Gasteiger partial charge in [0.15, 0.2) is 0 Å². The van der Waals surface area contributed by atoms with Gasteiger partial charge < -0.3 is 9.47 Å². The molecule has 1 unspecified atom stereocenters. The van der Waals surface area contributed by atoms with E-state index >= 15 is 0 Å². The molecule has 5 heteroatoms. The fourth-order valence-corrected chi connectivity index (χ4v) is 4.33. The molecule has 2 saturated carbocycles. The monoisotopic (exact) mass is 380 g/mol. The van der Waals surface area contributed by atoms with Crippen molar-refractivity contribution in [2.75, 3.05) is 7.11 Å². The Morgan fingerprint density at radius 1 is 1.26 bits per heavy atom. The average molecular weight is 381 g/mol. The molecule has 2 fully saturated rings. The van der Waals surface area contributed by atoms with Gasteiger partial charge in [0, 0.05) is 11.8 Å². The van der Waals surface area contributed by atoms with Crippen LogP contribution in [0.1, 0.15) is 37.7 Å². The predicted octanol–water partition coefficient (Wildman–Crippen LogP) is 3.90. The van der Waals surface area contributed by atoms with Crippen LogP contribution in [0.15, 0.2) is 22.7 Å². The predicted molar refractivity (Wildman–Crippen MR) is 89.1 cm³/mol. The van der Waals surface area contributed by atoms with Gasteiger partial charge in [-0.2, -0.15) is 0 Å². The molecule has 0 amide bonds. The zero-order chi connectivity index (χ0) is 16.4. The van der Waals surface area contributed by atoms with Crippen LogP contribution >= 0.6 is 15.9 Å². The van der Waals surface area contributed by atoms with Crippen LogP contribution in [0.25, 0.3) is 0 Å². The topological polar surface area (TPSA) is 52.6 Å². The second-order valence-corrected chi connectivity index (χ2v) is 7.33. The number of hydrogen-bond acceptors (Lipinski definition) is 4. The molecule has 0 N–H and O–H groups in total. The minimum atomic E-state index is -0.165. The van der Waals surface area contributed by atoms with Crippen molar-refractivity contribution in [1.82, 2.24) is 0 Å². The molecule has 0 spiro atoms. The van der Waals surface area contributed by atoms with Crippen molar-refractivity contribution < 1.29 is 19.1 Å². The van der Waals surface area contributed by atoms with Gasteiger partial charge in [-0.15, -0.1) is 0 Å². The van der Waals surface area contributed by atoms with Crippen LogP contribution in [0.2, 0.25) is 0 Å². The number of benzene rings is 1. The summed E-state index contributed by atoms with van der Waals surface area (Å²) in [4.78, 5) is 24.4. The Balaban J connectivity index is 1.57. The number of ether oxygens (including phenoxy) is 2. The van der Waals surface area contributed by atoms with Gasteiger partial charge in [-0.05, 0) is 59.3 Å². The average Bonchev–Trinajstić information content (AvgIpc) is 2.52. The molecule has 2 aliphatic carbocycles. The highest BCUT2D eigenvalue weighted by atomic mass is 79.9. The summed E-state index contributed by atoms with van der Waals surface area (Å²) in [5.41, 5.74) is 0.915. The molecule has 4 nitrogen and oxygen atoms in total. The number of halogens is 1. The molecule has 2 bridgehead atoms. The van der Waals surface area contributed by atoms with E-state index in [0.717, 1.165) is 35.0 Å². The van der Waals surface area contributed by atoms with E-state index in [1.54, 1.807) is 7.11 Å². The van der Waals surface area contributed by atoms with E-state index in [1.165, 1.54) is 0 Å². The summed E-state index contributed by atoms with van der Waals surface area (Å²) in [6.45, 7) is 0.251. The van der Waals surface area contributed by atoms with E-state index in [9.17, 15) is 9.59 Å². The summed E-state index contributed by atoms with van der Waals surface area (Å²) < 4.78 is 11.5. The molecule has 1 aromatic rings. The van der Waals surface area contributed by atoms with Crippen molar-refractivity contribution in [2.24, 2.45) is 17.8 Å². The van der Waals surface area contributed by atoms with E-state index in [0.29, 0.717) is 18.6 Å². The van der Waals surface area contributed by atoms with Crippen molar-refractivity contribution in [3.05, 3.63) is 28.2 Å². The smallest absolute Gasteiger partial charge is 0.309 e. The fraction of sp³-hybridized carbons (Fsp3) is 0.556. The quantitative estimate of drug-likeness (QED) is 0.743. The Labute approximate surface area is 144 Å². The third-order valence-electron chi connectivity index (χ3n) is 4.98. The summed E-state index contributed by atoms with van der Waals surface area (Å²) in [7, 11) is 1.61. The normalized spacial score (nSPS) is 26.7. The maximum atomic E-state index is 12.3. The lowest BCUT2D eigenvalue weighted by molar-refractivity contribution is -0.154. The van der Waals surface area contributed by atoms with E-state index in [1.807, 2.05) is 18.2 Å². The molecule has 0 saturated heterocycles. The van der Waals surface area contributed by atoms with Crippen LogP contribution in [0, 0.1) is 17.8 Å². The van der Waals surface area contributed by atoms with E-state index < -0.39 is 0 Å². The first-order valence-corrected chi connectivity index (χ1v) is 8.90. The number of ketones is 1. The number of rotatable bonds is 4. The molecule has 124 valence electrons. The molecule has 3 atom stereocenters. The SMILES string of the molecule is COc1ccc(COC(=O)C2C[C@H]3CCC[C@@H](C2)C3=O)cc1Br. The Bertz CT molecular complexity index is 597. The van der Waals surface area contributed by atoms with Crippen molar-refractivity contribution in [3.8, 4) is 5.75 Å². The summed E-state index contributed by atoms with van der Waals surface area (Å²) in [6, 6.07) is 5.62. The number of methoxy groups -OCH3 is 1. The van der Waals surface area contributed by atoms with Crippen LogP contribution in [-0.4, -0.2) is 18.9 Å². The molecule has 0 radical (unpaired) electrons. The van der Waals surface area contributed by atoms with Gasteiger partial charge in [0.25, 0.3) is 0 Å². The van der Waals surface area contributed by atoms with E-state index in [2.05, 4.69) is 15.9 Å². The van der Waals surface area contributed by atoms with Crippen molar-refractivity contribution in [1.29, 1.82) is 0 Å². The Hall–Kier alpha value is -1.36. The lowest BCUT2D eigenvalue weighted by atomic mass is 9.67. The Morgan fingerprint density at radius 3 is 2.57 bits per heavy atom. The minimum absolute atomic E-state index is 0.0789. The first kappa shape index (κ1) is 16.5. The molecule has 0 aromatic heterocycles. The van der Waals surface area contributed by atoms with E-state index in [4.69, 9.17) is 9.47 Å². The van der Waals surface area contributed by atoms with Crippen molar-refractivity contribution >= 4 is 27.7 Å². The van der Waals surface area contributed by atoms with Gasteiger partial charge in [0.1, 0.15) is 18.1 Å². The molecule has 2 aliphatic rings. The number of fused-ring (bicyclic) bond motifs is 2. The van der Waals surface area contributed by atoms with Gasteiger partial charge >= 0.3 is 5.97 Å². The Kier molecular flexibility index (Phi) is 5.05. The summed E-state index contributed by atoms with van der Waals surface area (Å²) >= 11 is 3.43. The van der Waals surface area contributed by atoms with Crippen LogP contribution in [0.5, 0.6) is 5.75 Å². The minimum Gasteiger partial charge on any atom is -0.496 e. The number of esters is 1. The maximum Gasteiger partial charge on any atom is 0.309 e. The molecule has 1 aromatic carbocycles. The van der Waals surface area contributed by atoms with Gasteiger partial charge in [-0.25, -0.2) is 0 Å². The molecule has 0 heterocycles. The van der Waals surface area contributed by atoms with Crippen LogP contribution in [0.4, 0.5) is 0 Å². The van der Waals surface area contributed by atoms with E-state index in [-0.39, 0.29) is 30.3 Å². The van der Waals surface area contributed by atoms with Crippen LogP contribution in [-0.2, 0) is 20.9 Å². The lowest BCUT2D eigenvalue weighted by Crippen LogP contribution is -2.39. The molecular formula is C18H21BrO4. The second kappa shape index (κ2) is 7.04. The third-order valence-corrected chi connectivity index (χ3v) is 5.60. The first-order chi connectivity index (χ1) is 11.1. The fourth-order valence-electron chi connectivity index (χ4n) is 3.74. The van der Waals surface area contributed by atoms with Gasteiger partial charge in [0.05, 0.1) is 17.5 Å². The Morgan fingerprint density at radius 2 is 1.96 bits per heavy atom. The van der Waals surface area contributed by atoms with Crippen molar-refractivity contribution in [2.45, 2.75) is 38.7 Å². The van der Waals surface area contributed by atoms with Crippen LogP contribution < -0.4 is 4.74 Å². The van der Waals surface area contributed by atoms with Gasteiger partial charge in [0.2, 0.25) is 0 Å².